The minimum Gasteiger partial charge on any atom is -0.386 e. The molecule has 128 valence electrons. The van der Waals surface area contributed by atoms with E-state index in [1.807, 2.05) is 33.8 Å². The van der Waals surface area contributed by atoms with Crippen LogP contribution in [0.25, 0.3) is 0 Å². The molecule has 4 atom stereocenters. The van der Waals surface area contributed by atoms with Gasteiger partial charge in [-0.05, 0) is 54.1 Å². The summed E-state index contributed by atoms with van der Waals surface area (Å²) in [7, 11) is 0. The second-order valence-electron chi connectivity index (χ2n) is 9.17. The van der Waals surface area contributed by atoms with Crippen LogP contribution in [0.15, 0.2) is 11.6 Å². The molecule has 0 aromatic rings. The van der Waals surface area contributed by atoms with Gasteiger partial charge in [-0.1, -0.05) is 34.6 Å². The SMILES string of the molecule is CC(C)[C@@]1(O)C=C2C(=O)C[C@H]3C(C)(C)C(=O)CC[C@]3(C)[C@H]2CC1. The zero-order valence-corrected chi connectivity index (χ0v) is 15.1. The zero-order chi connectivity index (χ0) is 17.2. The second kappa shape index (κ2) is 5.02. The molecule has 0 radical (unpaired) electrons. The molecular weight excluding hydrogens is 288 g/mol. The topological polar surface area (TPSA) is 54.4 Å². The van der Waals surface area contributed by atoms with Crippen LogP contribution in [0, 0.1) is 28.6 Å². The monoisotopic (exact) mass is 318 g/mol. The Labute approximate surface area is 139 Å². The number of fused-ring (bicyclic) bond motifs is 3. The average Bonchev–Trinajstić information content (AvgIpc) is 2.47. The lowest BCUT2D eigenvalue weighted by atomic mass is 9.45. The fourth-order valence-corrected chi connectivity index (χ4v) is 5.49. The van der Waals surface area contributed by atoms with E-state index >= 15 is 0 Å². The Morgan fingerprint density at radius 3 is 2.43 bits per heavy atom. The van der Waals surface area contributed by atoms with E-state index in [0.29, 0.717) is 25.0 Å². The van der Waals surface area contributed by atoms with Gasteiger partial charge in [0.2, 0.25) is 0 Å². The number of carbonyl (C=O) groups is 2. The summed E-state index contributed by atoms with van der Waals surface area (Å²) in [5, 5.41) is 10.8. The largest absolute Gasteiger partial charge is 0.386 e. The van der Waals surface area contributed by atoms with E-state index in [0.717, 1.165) is 18.4 Å². The van der Waals surface area contributed by atoms with Crippen LogP contribution < -0.4 is 0 Å². The molecule has 2 saturated carbocycles. The number of carbonyl (C=O) groups excluding carboxylic acids is 2. The fraction of sp³-hybridized carbons (Fsp3) is 0.800. The summed E-state index contributed by atoms with van der Waals surface area (Å²) in [6, 6.07) is 0. The van der Waals surface area contributed by atoms with Gasteiger partial charge >= 0.3 is 0 Å². The summed E-state index contributed by atoms with van der Waals surface area (Å²) in [6.45, 7) is 10.3. The summed E-state index contributed by atoms with van der Waals surface area (Å²) in [6.07, 6.45) is 5.37. The molecule has 3 aliphatic rings. The highest BCUT2D eigenvalue weighted by molar-refractivity contribution is 5.99. The Balaban J connectivity index is 2.05. The first kappa shape index (κ1) is 16.9. The van der Waals surface area contributed by atoms with Gasteiger partial charge in [0.1, 0.15) is 5.78 Å². The van der Waals surface area contributed by atoms with Crippen molar-refractivity contribution in [2.24, 2.45) is 28.6 Å². The van der Waals surface area contributed by atoms with Crippen LogP contribution in [0.4, 0.5) is 0 Å². The Hall–Kier alpha value is -0.960. The highest BCUT2D eigenvalue weighted by Crippen LogP contribution is 2.61. The number of Topliss-reactive ketones (excluding diaryl/α,β-unsaturated/α-hetero) is 2. The lowest BCUT2D eigenvalue weighted by Crippen LogP contribution is -2.56. The normalized spacial score (nSPS) is 43.0. The highest BCUT2D eigenvalue weighted by Gasteiger charge is 2.59. The maximum atomic E-state index is 12.8. The van der Waals surface area contributed by atoms with Gasteiger partial charge in [0.05, 0.1) is 5.60 Å². The summed E-state index contributed by atoms with van der Waals surface area (Å²) >= 11 is 0. The molecule has 2 fully saturated rings. The molecule has 1 N–H and O–H groups in total. The Morgan fingerprint density at radius 2 is 1.83 bits per heavy atom. The van der Waals surface area contributed by atoms with Crippen molar-refractivity contribution in [2.75, 3.05) is 0 Å². The van der Waals surface area contributed by atoms with Crippen molar-refractivity contribution in [3.63, 3.8) is 0 Å². The Morgan fingerprint density at radius 1 is 1.17 bits per heavy atom. The molecule has 0 aromatic carbocycles. The van der Waals surface area contributed by atoms with Crippen molar-refractivity contribution in [2.45, 2.75) is 72.3 Å². The molecule has 3 rings (SSSR count). The number of rotatable bonds is 1. The lowest BCUT2D eigenvalue weighted by molar-refractivity contribution is -0.150. The molecule has 3 nitrogen and oxygen atoms in total. The predicted molar refractivity (Wildman–Crippen MR) is 89.8 cm³/mol. The van der Waals surface area contributed by atoms with Crippen molar-refractivity contribution < 1.29 is 14.7 Å². The number of hydrogen-bond acceptors (Lipinski definition) is 3. The van der Waals surface area contributed by atoms with Gasteiger partial charge in [-0.25, -0.2) is 0 Å². The van der Waals surface area contributed by atoms with Crippen molar-refractivity contribution >= 4 is 11.6 Å². The summed E-state index contributed by atoms with van der Waals surface area (Å²) in [5.74, 6) is 0.878. The third-order valence-corrected chi connectivity index (χ3v) is 7.40. The van der Waals surface area contributed by atoms with Crippen molar-refractivity contribution in [1.82, 2.24) is 0 Å². The van der Waals surface area contributed by atoms with E-state index in [9.17, 15) is 14.7 Å². The smallest absolute Gasteiger partial charge is 0.159 e. The van der Waals surface area contributed by atoms with Gasteiger partial charge in [-0.3, -0.25) is 9.59 Å². The summed E-state index contributed by atoms with van der Waals surface area (Å²) in [5.41, 5.74) is -0.434. The average molecular weight is 318 g/mol. The van der Waals surface area contributed by atoms with Gasteiger partial charge < -0.3 is 5.11 Å². The van der Waals surface area contributed by atoms with Crippen LogP contribution in [-0.4, -0.2) is 22.3 Å². The molecule has 3 aliphatic carbocycles. The maximum Gasteiger partial charge on any atom is 0.159 e. The van der Waals surface area contributed by atoms with Crippen LogP contribution >= 0.6 is 0 Å². The van der Waals surface area contributed by atoms with E-state index in [2.05, 4.69) is 6.92 Å². The lowest BCUT2D eigenvalue weighted by Gasteiger charge is -2.58. The maximum absolute atomic E-state index is 12.8. The minimum atomic E-state index is -0.856. The van der Waals surface area contributed by atoms with Gasteiger partial charge in [0.25, 0.3) is 0 Å². The van der Waals surface area contributed by atoms with Crippen molar-refractivity contribution in [3.05, 3.63) is 11.6 Å². The molecule has 3 heteroatoms. The quantitative estimate of drug-likeness (QED) is 0.802. The van der Waals surface area contributed by atoms with Gasteiger partial charge in [0, 0.05) is 18.3 Å². The van der Waals surface area contributed by atoms with Gasteiger partial charge in [0.15, 0.2) is 5.78 Å². The zero-order valence-electron chi connectivity index (χ0n) is 15.1. The molecule has 0 spiro atoms. The van der Waals surface area contributed by atoms with E-state index in [1.54, 1.807) is 0 Å². The highest BCUT2D eigenvalue weighted by atomic mass is 16.3. The summed E-state index contributed by atoms with van der Waals surface area (Å²) in [4.78, 5) is 25.2. The van der Waals surface area contributed by atoms with E-state index in [1.165, 1.54) is 0 Å². The minimum absolute atomic E-state index is 0.00450. The number of allylic oxidation sites excluding steroid dienone is 1. The first-order valence-electron chi connectivity index (χ1n) is 9.04. The molecule has 0 amide bonds. The molecule has 0 aliphatic heterocycles. The fourth-order valence-electron chi connectivity index (χ4n) is 5.49. The number of ketones is 2. The molecule has 0 heterocycles. The van der Waals surface area contributed by atoms with Crippen LogP contribution in [0.2, 0.25) is 0 Å². The van der Waals surface area contributed by atoms with E-state index in [-0.39, 0.29) is 29.0 Å². The molecule has 23 heavy (non-hydrogen) atoms. The van der Waals surface area contributed by atoms with Gasteiger partial charge in [-0.15, -0.1) is 0 Å². The molecule has 0 saturated heterocycles. The number of hydrogen-bond donors (Lipinski definition) is 1. The second-order valence-corrected chi connectivity index (χ2v) is 9.17. The third kappa shape index (κ3) is 2.26. The van der Waals surface area contributed by atoms with Crippen molar-refractivity contribution in [1.29, 1.82) is 0 Å². The third-order valence-electron chi connectivity index (χ3n) is 7.40. The molecule has 0 unspecified atom stereocenters. The van der Waals surface area contributed by atoms with Crippen LogP contribution in [0.1, 0.15) is 66.7 Å². The van der Waals surface area contributed by atoms with Crippen LogP contribution in [0.3, 0.4) is 0 Å². The van der Waals surface area contributed by atoms with Gasteiger partial charge in [-0.2, -0.15) is 0 Å². The standard InChI is InChI=1S/C20H30O3/c1-12(2)20(23)9-6-14-13(11-20)15(21)10-16-18(3,4)17(22)7-8-19(14,16)5/h11-12,14,16,23H,6-10H2,1-5H3/t14-,16-,19+,20-/m0/s1. The molecule has 0 aromatic heterocycles. The Kier molecular flexibility index (Phi) is 3.68. The number of aliphatic hydroxyl groups is 1. The van der Waals surface area contributed by atoms with E-state index in [4.69, 9.17) is 0 Å². The van der Waals surface area contributed by atoms with Crippen LogP contribution in [0.5, 0.6) is 0 Å². The van der Waals surface area contributed by atoms with Crippen LogP contribution in [-0.2, 0) is 9.59 Å². The van der Waals surface area contributed by atoms with E-state index < -0.39 is 11.0 Å². The predicted octanol–water partition coefficient (Wildman–Crippen LogP) is 3.69. The molecule has 0 bridgehead atoms. The first-order chi connectivity index (χ1) is 10.5. The summed E-state index contributed by atoms with van der Waals surface area (Å²) < 4.78 is 0. The Bertz CT molecular complexity index is 586. The first-order valence-corrected chi connectivity index (χ1v) is 9.04. The molecular formula is C20H30O3. The van der Waals surface area contributed by atoms with Crippen molar-refractivity contribution in [3.8, 4) is 0 Å².